The first-order chi connectivity index (χ1) is 15.9. The van der Waals surface area contributed by atoms with Crippen molar-refractivity contribution in [2.75, 3.05) is 16.8 Å². The fraction of sp³-hybridized carbons (Fsp3) is 0.0417. The van der Waals surface area contributed by atoms with Crippen LogP contribution in [0.4, 0.5) is 15.8 Å². The molecule has 33 heavy (non-hydrogen) atoms. The Balaban J connectivity index is 1.42. The molecule has 5 nitrogen and oxygen atoms in total. The summed E-state index contributed by atoms with van der Waals surface area (Å²) in [5.74, 6) is -0.984. The minimum absolute atomic E-state index is 0.0698. The quantitative estimate of drug-likeness (QED) is 0.338. The Morgan fingerprint density at radius 2 is 1.85 bits per heavy atom. The van der Waals surface area contributed by atoms with Crippen molar-refractivity contribution in [3.05, 3.63) is 94.1 Å². The van der Waals surface area contributed by atoms with E-state index in [1.807, 2.05) is 30.3 Å². The number of benzene rings is 3. The third-order valence-electron chi connectivity index (χ3n) is 4.57. The molecule has 1 fully saturated rings. The Kier molecular flexibility index (Phi) is 7.08. The molecule has 4 rings (SSSR count). The van der Waals surface area contributed by atoms with Gasteiger partial charge in [-0.05, 0) is 48.0 Å². The van der Waals surface area contributed by atoms with E-state index in [0.29, 0.717) is 20.5 Å². The molecule has 1 aliphatic rings. The van der Waals surface area contributed by atoms with E-state index in [1.165, 1.54) is 34.9 Å². The molecule has 3 aromatic rings. The summed E-state index contributed by atoms with van der Waals surface area (Å²) in [4.78, 5) is 26.8. The van der Waals surface area contributed by atoms with Crippen molar-refractivity contribution in [3.8, 4) is 5.75 Å². The standard InChI is InChI=1S/C24H16ClFN2O3S2/c25-17-12-15(13-21-23(30)28(24(32)33-21)16-6-2-1-3-7-16)10-11-20(17)31-14-22(29)27-19-9-5-4-8-18(19)26/h1-13H,14H2,(H,27,29). The molecule has 0 saturated carbocycles. The van der Waals surface area contributed by atoms with Crippen LogP contribution in [0.25, 0.3) is 6.08 Å². The molecule has 1 saturated heterocycles. The van der Waals surface area contributed by atoms with Crippen LogP contribution in [0.3, 0.4) is 0 Å². The van der Waals surface area contributed by atoms with Gasteiger partial charge < -0.3 is 10.1 Å². The van der Waals surface area contributed by atoms with E-state index < -0.39 is 11.7 Å². The lowest BCUT2D eigenvalue weighted by molar-refractivity contribution is -0.118. The molecule has 2 amide bonds. The van der Waals surface area contributed by atoms with Gasteiger partial charge in [0, 0.05) is 0 Å². The molecule has 1 aliphatic heterocycles. The monoisotopic (exact) mass is 498 g/mol. The zero-order valence-electron chi connectivity index (χ0n) is 17.0. The summed E-state index contributed by atoms with van der Waals surface area (Å²) in [6.45, 7) is -0.344. The summed E-state index contributed by atoms with van der Waals surface area (Å²) in [6.07, 6.45) is 1.70. The van der Waals surface area contributed by atoms with Crippen LogP contribution in [-0.4, -0.2) is 22.7 Å². The van der Waals surface area contributed by atoms with Gasteiger partial charge in [0.15, 0.2) is 10.9 Å². The molecule has 9 heteroatoms. The van der Waals surface area contributed by atoms with E-state index >= 15 is 0 Å². The number of thioether (sulfide) groups is 1. The number of carbonyl (C=O) groups excluding carboxylic acids is 2. The van der Waals surface area contributed by atoms with E-state index in [1.54, 1.807) is 30.3 Å². The van der Waals surface area contributed by atoms with E-state index in [2.05, 4.69) is 5.32 Å². The summed E-state index contributed by atoms with van der Waals surface area (Å²) >= 11 is 12.9. The van der Waals surface area contributed by atoms with E-state index in [0.717, 1.165) is 0 Å². The Morgan fingerprint density at radius 3 is 2.58 bits per heavy atom. The van der Waals surface area contributed by atoms with Crippen LogP contribution in [0.5, 0.6) is 5.75 Å². The van der Waals surface area contributed by atoms with Crippen LogP contribution >= 0.6 is 35.6 Å². The maximum Gasteiger partial charge on any atom is 0.270 e. The summed E-state index contributed by atoms with van der Waals surface area (Å²) in [5, 5.41) is 2.70. The molecule has 0 aromatic heterocycles. The molecule has 1 N–H and O–H groups in total. The molecule has 0 atom stereocenters. The molecule has 3 aromatic carbocycles. The minimum Gasteiger partial charge on any atom is -0.482 e. The highest BCUT2D eigenvalue weighted by molar-refractivity contribution is 8.27. The van der Waals surface area contributed by atoms with Crippen molar-refractivity contribution in [3.63, 3.8) is 0 Å². The van der Waals surface area contributed by atoms with Crippen LogP contribution in [0, 0.1) is 5.82 Å². The van der Waals surface area contributed by atoms with Crippen molar-refractivity contribution >= 4 is 69.2 Å². The predicted molar refractivity (Wildman–Crippen MR) is 134 cm³/mol. The number of para-hydroxylation sites is 2. The Hall–Kier alpha value is -3.20. The van der Waals surface area contributed by atoms with Gasteiger partial charge in [0.2, 0.25) is 0 Å². The third-order valence-corrected chi connectivity index (χ3v) is 6.17. The predicted octanol–water partition coefficient (Wildman–Crippen LogP) is 5.90. The summed E-state index contributed by atoms with van der Waals surface area (Å²) in [6, 6.07) is 20.0. The molecule has 0 bridgehead atoms. The van der Waals surface area contributed by atoms with Crippen LogP contribution < -0.4 is 15.0 Å². The van der Waals surface area contributed by atoms with Crippen molar-refractivity contribution in [1.29, 1.82) is 0 Å². The second kappa shape index (κ2) is 10.2. The van der Waals surface area contributed by atoms with Gasteiger partial charge in [-0.2, -0.15) is 0 Å². The maximum absolute atomic E-state index is 13.6. The smallest absolute Gasteiger partial charge is 0.270 e. The number of hydrogen-bond donors (Lipinski definition) is 1. The lowest BCUT2D eigenvalue weighted by atomic mass is 10.2. The Bertz CT molecular complexity index is 1270. The molecule has 0 unspecified atom stereocenters. The number of ether oxygens (including phenoxy) is 1. The second-order valence-electron chi connectivity index (χ2n) is 6.86. The first-order valence-electron chi connectivity index (χ1n) is 9.72. The first kappa shape index (κ1) is 23.0. The SMILES string of the molecule is O=C(COc1ccc(C=C2SC(=S)N(c3ccccc3)C2=O)cc1Cl)Nc1ccccc1F. The molecular weight excluding hydrogens is 483 g/mol. The van der Waals surface area contributed by atoms with Gasteiger partial charge in [0.05, 0.1) is 21.3 Å². The highest BCUT2D eigenvalue weighted by Gasteiger charge is 2.33. The van der Waals surface area contributed by atoms with Gasteiger partial charge in [-0.15, -0.1) is 0 Å². The molecular formula is C24H16ClFN2O3S2. The average Bonchev–Trinajstić information content (AvgIpc) is 3.08. The number of rotatable bonds is 6. The normalized spacial score (nSPS) is 14.6. The molecule has 0 aliphatic carbocycles. The first-order valence-corrected chi connectivity index (χ1v) is 11.3. The number of halogens is 2. The molecule has 166 valence electrons. The van der Waals surface area contributed by atoms with E-state index in [4.69, 9.17) is 28.6 Å². The highest BCUT2D eigenvalue weighted by atomic mass is 35.5. The minimum atomic E-state index is -0.536. The Morgan fingerprint density at radius 1 is 1.12 bits per heavy atom. The zero-order chi connectivity index (χ0) is 23.4. The third kappa shape index (κ3) is 5.42. The van der Waals surface area contributed by atoms with Crippen molar-refractivity contribution in [2.24, 2.45) is 0 Å². The zero-order valence-corrected chi connectivity index (χ0v) is 19.3. The molecule has 1 heterocycles. The lowest BCUT2D eigenvalue weighted by Gasteiger charge is -2.13. The number of thiocarbonyl (C=S) groups is 1. The number of nitrogens with zero attached hydrogens (tertiary/aromatic N) is 1. The topological polar surface area (TPSA) is 58.6 Å². The van der Waals surface area contributed by atoms with Crippen LogP contribution in [-0.2, 0) is 9.59 Å². The highest BCUT2D eigenvalue weighted by Crippen LogP contribution is 2.36. The van der Waals surface area contributed by atoms with Crippen molar-refractivity contribution in [2.45, 2.75) is 0 Å². The van der Waals surface area contributed by atoms with Crippen LogP contribution in [0.15, 0.2) is 77.7 Å². The number of amides is 2. The molecule has 0 radical (unpaired) electrons. The van der Waals surface area contributed by atoms with Gasteiger partial charge in [-0.25, -0.2) is 4.39 Å². The lowest BCUT2D eigenvalue weighted by Crippen LogP contribution is -2.27. The number of carbonyl (C=O) groups is 2. The van der Waals surface area contributed by atoms with Gasteiger partial charge in [-0.1, -0.05) is 72.0 Å². The van der Waals surface area contributed by atoms with Gasteiger partial charge in [-0.3, -0.25) is 14.5 Å². The summed E-state index contributed by atoms with van der Waals surface area (Å²) in [5.41, 5.74) is 1.45. The van der Waals surface area contributed by atoms with Crippen molar-refractivity contribution in [1.82, 2.24) is 0 Å². The fourth-order valence-electron chi connectivity index (χ4n) is 3.03. The van der Waals surface area contributed by atoms with E-state index in [9.17, 15) is 14.0 Å². The van der Waals surface area contributed by atoms with Crippen molar-refractivity contribution < 1.29 is 18.7 Å². The number of nitrogens with one attached hydrogen (secondary N) is 1. The fourth-order valence-corrected chi connectivity index (χ4v) is 4.58. The van der Waals surface area contributed by atoms with E-state index in [-0.39, 0.29) is 29.0 Å². The average molecular weight is 499 g/mol. The summed E-state index contributed by atoms with van der Waals surface area (Å²) in [7, 11) is 0. The van der Waals surface area contributed by atoms with Crippen LogP contribution in [0.2, 0.25) is 5.02 Å². The second-order valence-corrected chi connectivity index (χ2v) is 8.94. The van der Waals surface area contributed by atoms with Gasteiger partial charge in [0.25, 0.3) is 11.8 Å². The van der Waals surface area contributed by atoms with Crippen LogP contribution in [0.1, 0.15) is 5.56 Å². The maximum atomic E-state index is 13.6. The largest absolute Gasteiger partial charge is 0.482 e. The van der Waals surface area contributed by atoms with Gasteiger partial charge >= 0.3 is 0 Å². The number of hydrogen-bond acceptors (Lipinski definition) is 5. The van der Waals surface area contributed by atoms with Gasteiger partial charge in [0.1, 0.15) is 11.6 Å². The Labute approximate surface area is 204 Å². The molecule has 0 spiro atoms. The number of anilines is 2. The summed E-state index contributed by atoms with van der Waals surface area (Å²) < 4.78 is 19.6.